The van der Waals surface area contributed by atoms with Crippen LogP contribution in [0.25, 0.3) is 6.08 Å². The zero-order chi connectivity index (χ0) is 18.7. The standard InChI is InChI=1S/C20H18ClNO2S2/c1-3-22-19(23)18(26-20(22)25)11-15-10-16(21)8-9-17(15)24-12-14-7-5-4-6-13(14)2/h4-11H,3,12H2,1-2H3/b18-11-. The minimum Gasteiger partial charge on any atom is -0.488 e. The SMILES string of the molecule is CCN1C(=O)/C(=C/c2cc(Cl)ccc2OCc2ccccc2C)SC1=S. The Kier molecular flexibility index (Phi) is 6.01. The van der Waals surface area contributed by atoms with Crippen LogP contribution in [0.15, 0.2) is 47.4 Å². The number of hydrogen-bond acceptors (Lipinski definition) is 4. The highest BCUT2D eigenvalue weighted by Crippen LogP contribution is 2.35. The number of amides is 1. The van der Waals surface area contributed by atoms with Gasteiger partial charge in [-0.15, -0.1) is 0 Å². The number of thiocarbonyl (C=S) groups is 1. The van der Waals surface area contributed by atoms with E-state index in [0.717, 1.165) is 11.1 Å². The first-order valence-electron chi connectivity index (χ1n) is 8.22. The maximum atomic E-state index is 12.4. The van der Waals surface area contributed by atoms with Gasteiger partial charge >= 0.3 is 0 Å². The summed E-state index contributed by atoms with van der Waals surface area (Å²) in [5.41, 5.74) is 3.06. The summed E-state index contributed by atoms with van der Waals surface area (Å²) in [6, 6.07) is 13.5. The first-order valence-corrected chi connectivity index (χ1v) is 9.82. The molecule has 3 rings (SSSR count). The molecule has 1 amide bonds. The van der Waals surface area contributed by atoms with E-state index in [1.807, 2.05) is 31.2 Å². The number of thioether (sulfide) groups is 1. The fourth-order valence-corrected chi connectivity index (χ4v) is 4.16. The number of halogens is 1. The van der Waals surface area contributed by atoms with Crippen LogP contribution in [-0.4, -0.2) is 21.7 Å². The van der Waals surface area contributed by atoms with E-state index in [9.17, 15) is 4.79 Å². The average Bonchev–Trinajstić information content (AvgIpc) is 2.88. The van der Waals surface area contributed by atoms with Gasteiger partial charge in [0.25, 0.3) is 5.91 Å². The molecule has 0 aliphatic carbocycles. The van der Waals surface area contributed by atoms with E-state index < -0.39 is 0 Å². The van der Waals surface area contributed by atoms with Crippen molar-refractivity contribution < 1.29 is 9.53 Å². The predicted octanol–water partition coefficient (Wildman–Crippen LogP) is 5.45. The molecule has 0 aromatic heterocycles. The molecule has 1 aliphatic heterocycles. The Morgan fingerprint density at radius 2 is 2.04 bits per heavy atom. The summed E-state index contributed by atoms with van der Waals surface area (Å²) in [7, 11) is 0. The van der Waals surface area contributed by atoms with Crippen LogP contribution in [0.2, 0.25) is 5.02 Å². The van der Waals surface area contributed by atoms with Crippen molar-refractivity contribution in [2.24, 2.45) is 0 Å². The fraction of sp³-hybridized carbons (Fsp3) is 0.200. The number of aryl methyl sites for hydroxylation is 1. The normalized spacial score (nSPS) is 15.8. The van der Waals surface area contributed by atoms with Gasteiger partial charge in [0, 0.05) is 17.1 Å². The molecule has 0 saturated carbocycles. The van der Waals surface area contributed by atoms with Gasteiger partial charge in [-0.25, -0.2) is 0 Å². The lowest BCUT2D eigenvalue weighted by Gasteiger charge is -2.12. The molecule has 0 spiro atoms. The van der Waals surface area contributed by atoms with Gasteiger partial charge in [0.1, 0.15) is 16.7 Å². The molecule has 134 valence electrons. The van der Waals surface area contributed by atoms with Gasteiger partial charge in [-0.2, -0.15) is 0 Å². The number of rotatable bonds is 5. The third-order valence-corrected chi connectivity index (χ3v) is 5.71. The maximum absolute atomic E-state index is 12.4. The summed E-state index contributed by atoms with van der Waals surface area (Å²) < 4.78 is 6.59. The first kappa shape index (κ1) is 19.0. The van der Waals surface area contributed by atoms with Crippen molar-refractivity contribution in [1.29, 1.82) is 0 Å². The van der Waals surface area contributed by atoms with Gasteiger partial charge in [-0.3, -0.25) is 9.69 Å². The minimum atomic E-state index is -0.0765. The van der Waals surface area contributed by atoms with Crippen LogP contribution in [0.5, 0.6) is 5.75 Å². The smallest absolute Gasteiger partial charge is 0.266 e. The molecule has 2 aromatic carbocycles. The molecular weight excluding hydrogens is 386 g/mol. The molecule has 26 heavy (non-hydrogen) atoms. The third kappa shape index (κ3) is 4.11. The van der Waals surface area contributed by atoms with Crippen molar-refractivity contribution in [2.75, 3.05) is 6.54 Å². The second kappa shape index (κ2) is 8.25. The number of carbonyl (C=O) groups excluding carboxylic acids is 1. The summed E-state index contributed by atoms with van der Waals surface area (Å²) in [6.07, 6.45) is 1.80. The Labute approximate surface area is 168 Å². The molecule has 6 heteroatoms. The van der Waals surface area contributed by atoms with Crippen LogP contribution in [-0.2, 0) is 11.4 Å². The van der Waals surface area contributed by atoms with Gasteiger partial charge in [-0.1, -0.05) is 59.8 Å². The Hall–Kier alpha value is -1.82. The van der Waals surface area contributed by atoms with E-state index in [4.69, 9.17) is 28.6 Å². The number of nitrogens with zero attached hydrogens (tertiary/aromatic N) is 1. The number of benzene rings is 2. The molecule has 0 radical (unpaired) electrons. The molecular formula is C20H18ClNO2S2. The lowest BCUT2D eigenvalue weighted by Crippen LogP contribution is -2.27. The lowest BCUT2D eigenvalue weighted by atomic mass is 10.1. The first-order chi connectivity index (χ1) is 12.5. The fourth-order valence-electron chi connectivity index (χ4n) is 2.60. The summed E-state index contributed by atoms with van der Waals surface area (Å²) in [5, 5.41) is 0.588. The third-order valence-electron chi connectivity index (χ3n) is 4.09. The van der Waals surface area contributed by atoms with Crippen molar-refractivity contribution in [1.82, 2.24) is 4.90 Å². The quantitative estimate of drug-likeness (QED) is 0.490. The van der Waals surface area contributed by atoms with E-state index in [2.05, 4.69) is 13.0 Å². The molecule has 1 saturated heterocycles. The van der Waals surface area contributed by atoms with E-state index in [0.29, 0.717) is 33.1 Å². The van der Waals surface area contributed by atoms with E-state index >= 15 is 0 Å². The summed E-state index contributed by atoms with van der Waals surface area (Å²) >= 11 is 12.7. The number of ether oxygens (including phenoxy) is 1. The van der Waals surface area contributed by atoms with Crippen molar-refractivity contribution in [3.05, 3.63) is 69.1 Å². The molecule has 1 aliphatic rings. The van der Waals surface area contributed by atoms with Crippen LogP contribution in [0.1, 0.15) is 23.6 Å². The highest BCUT2D eigenvalue weighted by Gasteiger charge is 2.30. The molecule has 0 unspecified atom stereocenters. The molecule has 1 heterocycles. The predicted molar refractivity (Wildman–Crippen MR) is 113 cm³/mol. The summed E-state index contributed by atoms with van der Waals surface area (Å²) in [6.45, 7) is 4.97. The minimum absolute atomic E-state index is 0.0765. The van der Waals surface area contributed by atoms with Crippen LogP contribution >= 0.6 is 35.6 Å². The number of carbonyl (C=O) groups is 1. The average molecular weight is 404 g/mol. The molecule has 0 N–H and O–H groups in total. The van der Waals surface area contributed by atoms with Gasteiger partial charge in [0.2, 0.25) is 0 Å². The van der Waals surface area contributed by atoms with E-state index in [1.54, 1.807) is 23.1 Å². The Bertz CT molecular complexity index is 895. The van der Waals surface area contributed by atoms with Crippen molar-refractivity contribution in [3.8, 4) is 5.75 Å². The lowest BCUT2D eigenvalue weighted by molar-refractivity contribution is -0.121. The molecule has 2 aromatic rings. The zero-order valence-electron chi connectivity index (χ0n) is 14.5. The Morgan fingerprint density at radius 1 is 1.27 bits per heavy atom. The van der Waals surface area contributed by atoms with E-state index in [-0.39, 0.29) is 5.91 Å². The Balaban J connectivity index is 1.87. The van der Waals surface area contributed by atoms with Crippen molar-refractivity contribution in [3.63, 3.8) is 0 Å². The van der Waals surface area contributed by atoms with Gasteiger partial charge < -0.3 is 4.74 Å². The zero-order valence-corrected chi connectivity index (χ0v) is 16.9. The van der Waals surface area contributed by atoms with Crippen LogP contribution in [0.3, 0.4) is 0 Å². The topological polar surface area (TPSA) is 29.5 Å². The maximum Gasteiger partial charge on any atom is 0.266 e. The van der Waals surface area contributed by atoms with Crippen molar-refractivity contribution in [2.45, 2.75) is 20.5 Å². The van der Waals surface area contributed by atoms with Crippen LogP contribution in [0, 0.1) is 6.92 Å². The largest absolute Gasteiger partial charge is 0.488 e. The van der Waals surface area contributed by atoms with Gasteiger partial charge in [-0.05, 0) is 49.2 Å². The molecule has 3 nitrogen and oxygen atoms in total. The highest BCUT2D eigenvalue weighted by atomic mass is 35.5. The second-order valence-electron chi connectivity index (χ2n) is 5.82. The van der Waals surface area contributed by atoms with Crippen molar-refractivity contribution >= 4 is 51.9 Å². The molecule has 0 atom stereocenters. The summed E-state index contributed by atoms with van der Waals surface area (Å²) in [5.74, 6) is 0.603. The van der Waals surface area contributed by atoms with E-state index in [1.165, 1.54) is 17.3 Å². The Morgan fingerprint density at radius 3 is 2.73 bits per heavy atom. The number of likely N-dealkylation sites (N-methyl/N-ethyl adjacent to an activating group) is 1. The highest BCUT2D eigenvalue weighted by molar-refractivity contribution is 8.26. The van der Waals surface area contributed by atoms with Gasteiger partial charge in [0.05, 0.1) is 4.91 Å². The second-order valence-corrected chi connectivity index (χ2v) is 7.94. The number of hydrogen-bond donors (Lipinski definition) is 0. The monoisotopic (exact) mass is 403 g/mol. The summed E-state index contributed by atoms with van der Waals surface area (Å²) in [4.78, 5) is 14.6. The van der Waals surface area contributed by atoms with Crippen LogP contribution in [0.4, 0.5) is 0 Å². The molecule has 0 bridgehead atoms. The van der Waals surface area contributed by atoms with Crippen LogP contribution < -0.4 is 4.74 Å². The van der Waals surface area contributed by atoms with Gasteiger partial charge in [0.15, 0.2) is 0 Å². The molecule has 1 fully saturated rings.